The molecule has 0 fully saturated rings. The summed E-state index contributed by atoms with van der Waals surface area (Å²) in [7, 11) is 0. The van der Waals surface area contributed by atoms with Gasteiger partial charge < -0.3 is 9.52 Å². The molecule has 5 rings (SSSR count). The van der Waals surface area contributed by atoms with Crippen molar-refractivity contribution in [2.24, 2.45) is 0 Å². The van der Waals surface area contributed by atoms with Gasteiger partial charge in [-0.25, -0.2) is 4.98 Å². The zero-order chi connectivity index (χ0) is 18.2. The van der Waals surface area contributed by atoms with Crippen LogP contribution >= 0.6 is 11.3 Å². The molecule has 3 aromatic carbocycles. The summed E-state index contributed by atoms with van der Waals surface area (Å²) in [5, 5.41) is 18.6. The second-order valence-electron chi connectivity index (χ2n) is 6.02. The van der Waals surface area contributed by atoms with Crippen molar-refractivity contribution >= 4 is 21.6 Å². The number of aromatic nitrogens is 3. The average Bonchev–Trinajstić information content (AvgIpc) is 3.36. The number of phenols is 1. The van der Waals surface area contributed by atoms with Crippen LogP contribution in [0.2, 0.25) is 0 Å². The van der Waals surface area contributed by atoms with E-state index in [1.54, 1.807) is 35.6 Å². The molecule has 6 heteroatoms. The number of fused-ring (bicyclic) bond motifs is 1. The standard InChI is InChI=1S/C21H13N3O2S/c25-16-11-9-14(10-12-16)20-24-23-19(26-20)13-5-7-15(8-6-13)21-22-17-3-1-2-4-18(17)27-21/h1-12,25H. The first-order valence-corrected chi connectivity index (χ1v) is 9.17. The number of aromatic hydroxyl groups is 1. The van der Waals surface area contributed by atoms with Crippen molar-refractivity contribution < 1.29 is 9.52 Å². The number of nitrogens with zero attached hydrogens (tertiary/aromatic N) is 3. The second kappa shape index (κ2) is 6.34. The average molecular weight is 371 g/mol. The van der Waals surface area contributed by atoms with Crippen LogP contribution in [-0.2, 0) is 0 Å². The van der Waals surface area contributed by atoms with Gasteiger partial charge in [0.15, 0.2) is 0 Å². The van der Waals surface area contributed by atoms with E-state index in [1.807, 2.05) is 42.5 Å². The smallest absolute Gasteiger partial charge is 0.248 e. The van der Waals surface area contributed by atoms with Crippen LogP contribution < -0.4 is 0 Å². The summed E-state index contributed by atoms with van der Waals surface area (Å²) in [6.07, 6.45) is 0. The minimum atomic E-state index is 0.198. The van der Waals surface area contributed by atoms with Gasteiger partial charge in [-0.2, -0.15) is 0 Å². The highest BCUT2D eigenvalue weighted by atomic mass is 32.1. The van der Waals surface area contributed by atoms with E-state index in [-0.39, 0.29) is 5.75 Å². The topological polar surface area (TPSA) is 72.0 Å². The van der Waals surface area contributed by atoms with Crippen molar-refractivity contribution in [3.8, 4) is 39.2 Å². The van der Waals surface area contributed by atoms with Crippen LogP contribution in [0.25, 0.3) is 43.7 Å². The minimum Gasteiger partial charge on any atom is -0.508 e. The molecule has 0 saturated heterocycles. The highest BCUT2D eigenvalue weighted by molar-refractivity contribution is 7.21. The number of benzene rings is 3. The van der Waals surface area contributed by atoms with Gasteiger partial charge in [0.2, 0.25) is 11.8 Å². The predicted molar refractivity (Wildman–Crippen MR) is 105 cm³/mol. The molecule has 0 bridgehead atoms. The van der Waals surface area contributed by atoms with Gasteiger partial charge in [0.1, 0.15) is 10.8 Å². The lowest BCUT2D eigenvalue weighted by Gasteiger charge is -1.98. The third kappa shape index (κ3) is 2.96. The predicted octanol–water partition coefficient (Wildman–Crippen LogP) is 5.39. The maximum absolute atomic E-state index is 9.38. The second-order valence-corrected chi connectivity index (χ2v) is 7.05. The lowest BCUT2D eigenvalue weighted by atomic mass is 10.1. The molecule has 5 nitrogen and oxygen atoms in total. The van der Waals surface area contributed by atoms with E-state index in [0.717, 1.165) is 27.2 Å². The zero-order valence-corrected chi connectivity index (χ0v) is 14.9. The van der Waals surface area contributed by atoms with Gasteiger partial charge in [-0.15, -0.1) is 21.5 Å². The van der Waals surface area contributed by atoms with Crippen LogP contribution in [-0.4, -0.2) is 20.3 Å². The molecule has 0 aliphatic carbocycles. The largest absolute Gasteiger partial charge is 0.508 e. The summed E-state index contributed by atoms with van der Waals surface area (Å²) < 4.78 is 6.95. The Kier molecular flexibility index (Phi) is 3.69. The van der Waals surface area contributed by atoms with Gasteiger partial charge in [0.05, 0.1) is 10.2 Å². The number of para-hydroxylation sites is 1. The van der Waals surface area contributed by atoms with Gasteiger partial charge in [-0.3, -0.25) is 0 Å². The Morgan fingerprint density at radius 2 is 1.30 bits per heavy atom. The van der Waals surface area contributed by atoms with E-state index >= 15 is 0 Å². The molecule has 0 spiro atoms. The van der Waals surface area contributed by atoms with Crippen molar-refractivity contribution in [1.29, 1.82) is 0 Å². The SMILES string of the molecule is Oc1ccc(-c2nnc(-c3ccc(-c4nc5ccccc5s4)cc3)o2)cc1. The third-order valence-electron chi connectivity index (χ3n) is 4.21. The summed E-state index contributed by atoms with van der Waals surface area (Å²) >= 11 is 1.67. The minimum absolute atomic E-state index is 0.198. The lowest BCUT2D eigenvalue weighted by molar-refractivity contribution is 0.475. The van der Waals surface area contributed by atoms with E-state index in [2.05, 4.69) is 21.2 Å². The molecule has 2 aromatic heterocycles. The van der Waals surface area contributed by atoms with Crippen LogP contribution in [0.4, 0.5) is 0 Å². The Labute approximate surface area is 158 Å². The molecular formula is C21H13N3O2S. The van der Waals surface area contributed by atoms with Crippen LogP contribution in [0.5, 0.6) is 5.75 Å². The molecule has 0 atom stereocenters. The Morgan fingerprint density at radius 3 is 1.96 bits per heavy atom. The van der Waals surface area contributed by atoms with Crippen LogP contribution in [0.1, 0.15) is 0 Å². The molecule has 0 amide bonds. The first-order valence-electron chi connectivity index (χ1n) is 8.35. The van der Waals surface area contributed by atoms with E-state index in [4.69, 9.17) is 4.42 Å². The molecule has 0 aliphatic heterocycles. The molecule has 27 heavy (non-hydrogen) atoms. The van der Waals surface area contributed by atoms with E-state index < -0.39 is 0 Å². The van der Waals surface area contributed by atoms with E-state index in [9.17, 15) is 5.11 Å². The van der Waals surface area contributed by atoms with Crippen molar-refractivity contribution in [1.82, 2.24) is 15.2 Å². The number of rotatable bonds is 3. The number of hydrogen-bond donors (Lipinski definition) is 1. The quantitative estimate of drug-likeness (QED) is 0.461. The van der Waals surface area contributed by atoms with Crippen LogP contribution in [0.3, 0.4) is 0 Å². The summed E-state index contributed by atoms with van der Waals surface area (Å²) in [6.45, 7) is 0. The number of thiazole rings is 1. The normalized spacial score (nSPS) is 11.1. The Hall–Kier alpha value is -3.51. The van der Waals surface area contributed by atoms with Crippen LogP contribution in [0, 0.1) is 0 Å². The molecule has 0 radical (unpaired) electrons. The van der Waals surface area contributed by atoms with Gasteiger partial charge in [-0.1, -0.05) is 24.3 Å². The third-order valence-corrected chi connectivity index (χ3v) is 5.30. The zero-order valence-electron chi connectivity index (χ0n) is 14.0. The Bertz CT molecular complexity index is 1190. The molecule has 5 aromatic rings. The molecular weight excluding hydrogens is 358 g/mol. The summed E-state index contributed by atoms with van der Waals surface area (Å²) in [5.74, 6) is 1.07. The molecule has 130 valence electrons. The van der Waals surface area contributed by atoms with Gasteiger partial charge in [0.25, 0.3) is 0 Å². The van der Waals surface area contributed by atoms with Crippen molar-refractivity contribution in [3.05, 3.63) is 72.8 Å². The Balaban J connectivity index is 1.44. The lowest BCUT2D eigenvalue weighted by Crippen LogP contribution is -1.80. The first-order chi connectivity index (χ1) is 13.3. The first kappa shape index (κ1) is 15.7. The van der Waals surface area contributed by atoms with E-state index in [1.165, 1.54) is 4.70 Å². The van der Waals surface area contributed by atoms with E-state index in [0.29, 0.717) is 11.8 Å². The van der Waals surface area contributed by atoms with Gasteiger partial charge >= 0.3 is 0 Å². The molecule has 0 unspecified atom stereocenters. The molecule has 2 heterocycles. The van der Waals surface area contributed by atoms with Crippen molar-refractivity contribution in [3.63, 3.8) is 0 Å². The van der Waals surface area contributed by atoms with Gasteiger partial charge in [-0.05, 0) is 48.5 Å². The molecule has 1 N–H and O–H groups in total. The molecule has 0 saturated carbocycles. The number of hydrogen-bond acceptors (Lipinski definition) is 6. The van der Waals surface area contributed by atoms with Gasteiger partial charge in [0, 0.05) is 16.7 Å². The highest BCUT2D eigenvalue weighted by Gasteiger charge is 2.12. The van der Waals surface area contributed by atoms with Crippen molar-refractivity contribution in [2.75, 3.05) is 0 Å². The monoisotopic (exact) mass is 371 g/mol. The fourth-order valence-electron chi connectivity index (χ4n) is 2.81. The van der Waals surface area contributed by atoms with Crippen LogP contribution in [0.15, 0.2) is 77.2 Å². The fourth-order valence-corrected chi connectivity index (χ4v) is 3.78. The Morgan fingerprint density at radius 1 is 0.704 bits per heavy atom. The molecule has 0 aliphatic rings. The number of phenolic OH excluding ortho intramolecular Hbond substituents is 1. The summed E-state index contributed by atoms with van der Waals surface area (Å²) in [4.78, 5) is 4.68. The maximum atomic E-state index is 9.38. The maximum Gasteiger partial charge on any atom is 0.248 e. The summed E-state index contributed by atoms with van der Waals surface area (Å²) in [5.41, 5.74) is 3.67. The summed E-state index contributed by atoms with van der Waals surface area (Å²) in [6, 6.07) is 22.7. The highest BCUT2D eigenvalue weighted by Crippen LogP contribution is 2.31. The van der Waals surface area contributed by atoms with Crippen molar-refractivity contribution in [2.45, 2.75) is 0 Å². The fraction of sp³-hybridized carbons (Fsp3) is 0.